The molecule has 0 aromatic heterocycles. The van der Waals surface area contributed by atoms with Crippen molar-refractivity contribution in [3.8, 4) is 5.75 Å². The third kappa shape index (κ3) is 3.43. The summed E-state index contributed by atoms with van der Waals surface area (Å²) >= 11 is 0. The number of fused-ring (bicyclic) bond motifs is 3. The fraction of sp³-hybridized carbons (Fsp3) is 0.632. The van der Waals surface area contributed by atoms with E-state index in [1.54, 1.807) is 46.9 Å². The Morgan fingerprint density at radius 1 is 0.963 bits per heavy atom. The smallest absolute Gasteiger partial charge is 0.256 e. The van der Waals surface area contributed by atoms with Crippen LogP contribution in [0.5, 0.6) is 5.75 Å². The standard InChI is InChI=1S/C19H25NO7/c1-18(2)24-12-13(25-18)15-17(27-19(3,4)26-15)23-14(12)16(21)20-10-8-6-7-9-11(10)22-5/h6-9,12-15,17H,1-5H3,(H,20,21)/t12-,13+,14-,15-,17+/m1/s1. The molecule has 27 heavy (non-hydrogen) atoms. The van der Waals surface area contributed by atoms with Crippen molar-refractivity contribution >= 4 is 11.6 Å². The average Bonchev–Trinajstić information content (AvgIpc) is 3.08. The maximum absolute atomic E-state index is 13.0. The number of benzene rings is 1. The summed E-state index contributed by atoms with van der Waals surface area (Å²) in [5.74, 6) is -1.49. The van der Waals surface area contributed by atoms with Gasteiger partial charge >= 0.3 is 0 Å². The Morgan fingerprint density at radius 2 is 1.59 bits per heavy atom. The SMILES string of the molecule is COc1ccccc1NC(=O)[C@@H]1O[C@H]2OC(C)(C)O[C@@H]2[C@H]2OC(C)(C)O[C@H]21. The van der Waals surface area contributed by atoms with Gasteiger partial charge in [-0.2, -0.15) is 0 Å². The van der Waals surface area contributed by atoms with Crippen LogP contribution in [0.15, 0.2) is 24.3 Å². The molecular formula is C19H25NO7. The monoisotopic (exact) mass is 379 g/mol. The van der Waals surface area contributed by atoms with E-state index in [0.29, 0.717) is 11.4 Å². The lowest BCUT2D eigenvalue weighted by Gasteiger charge is -2.36. The molecule has 8 nitrogen and oxygen atoms in total. The minimum absolute atomic E-state index is 0.359. The first-order valence-electron chi connectivity index (χ1n) is 9.00. The number of rotatable bonds is 3. The van der Waals surface area contributed by atoms with Gasteiger partial charge in [-0.15, -0.1) is 0 Å². The van der Waals surface area contributed by atoms with Gasteiger partial charge in [-0.1, -0.05) is 12.1 Å². The van der Waals surface area contributed by atoms with Crippen LogP contribution in [-0.2, 0) is 28.5 Å². The van der Waals surface area contributed by atoms with Crippen LogP contribution in [0.1, 0.15) is 27.7 Å². The Labute approximate surface area is 158 Å². The molecule has 3 saturated heterocycles. The van der Waals surface area contributed by atoms with Crippen molar-refractivity contribution in [2.24, 2.45) is 0 Å². The van der Waals surface area contributed by atoms with Crippen molar-refractivity contribution < 1.29 is 33.2 Å². The molecule has 0 bridgehead atoms. The van der Waals surface area contributed by atoms with Gasteiger partial charge in [0, 0.05) is 0 Å². The molecule has 1 aromatic carbocycles. The second kappa shape index (κ2) is 6.42. The van der Waals surface area contributed by atoms with Gasteiger partial charge < -0.3 is 33.7 Å². The highest BCUT2D eigenvalue weighted by Gasteiger charge is 2.62. The molecule has 0 saturated carbocycles. The molecular weight excluding hydrogens is 354 g/mol. The van der Waals surface area contributed by atoms with Gasteiger partial charge in [0.25, 0.3) is 5.91 Å². The molecule has 4 rings (SSSR count). The molecule has 3 aliphatic rings. The molecule has 0 radical (unpaired) electrons. The molecule has 1 amide bonds. The Balaban J connectivity index is 1.59. The van der Waals surface area contributed by atoms with E-state index in [9.17, 15) is 4.79 Å². The van der Waals surface area contributed by atoms with Crippen LogP contribution in [0, 0.1) is 0 Å². The number of carbonyl (C=O) groups excluding carboxylic acids is 1. The molecule has 8 heteroatoms. The highest BCUT2D eigenvalue weighted by atomic mass is 16.9. The number of para-hydroxylation sites is 2. The van der Waals surface area contributed by atoms with Crippen molar-refractivity contribution in [3.05, 3.63) is 24.3 Å². The summed E-state index contributed by atoms with van der Waals surface area (Å²) in [5, 5.41) is 2.85. The van der Waals surface area contributed by atoms with Crippen molar-refractivity contribution in [2.75, 3.05) is 12.4 Å². The van der Waals surface area contributed by atoms with Crippen LogP contribution in [0.25, 0.3) is 0 Å². The first kappa shape index (κ1) is 18.6. The number of methoxy groups -OCH3 is 1. The highest BCUT2D eigenvalue weighted by molar-refractivity contribution is 5.96. The van der Waals surface area contributed by atoms with Gasteiger partial charge in [0.15, 0.2) is 24.0 Å². The Hall–Kier alpha value is -1.71. The summed E-state index contributed by atoms with van der Waals surface area (Å²) in [5.41, 5.74) is 0.550. The third-order valence-electron chi connectivity index (χ3n) is 4.78. The zero-order valence-corrected chi connectivity index (χ0v) is 16.1. The molecule has 148 valence electrons. The Bertz CT molecular complexity index is 735. The Kier molecular flexibility index (Phi) is 4.44. The predicted octanol–water partition coefficient (Wildman–Crippen LogP) is 2.03. The lowest BCUT2D eigenvalue weighted by atomic mass is 9.98. The molecule has 0 aliphatic carbocycles. The molecule has 1 aromatic rings. The summed E-state index contributed by atoms with van der Waals surface area (Å²) in [6.45, 7) is 7.20. The number of anilines is 1. The summed E-state index contributed by atoms with van der Waals surface area (Å²) in [6, 6.07) is 7.17. The summed E-state index contributed by atoms with van der Waals surface area (Å²) in [7, 11) is 1.55. The lowest BCUT2D eigenvalue weighted by Crippen LogP contribution is -2.58. The number of hydrogen-bond donors (Lipinski definition) is 1. The van der Waals surface area contributed by atoms with Gasteiger partial charge in [-0.25, -0.2) is 0 Å². The third-order valence-corrected chi connectivity index (χ3v) is 4.78. The van der Waals surface area contributed by atoms with Crippen molar-refractivity contribution in [1.82, 2.24) is 0 Å². The van der Waals surface area contributed by atoms with Gasteiger partial charge in [-0.05, 0) is 39.8 Å². The van der Waals surface area contributed by atoms with Crippen LogP contribution < -0.4 is 10.1 Å². The quantitative estimate of drug-likeness (QED) is 0.860. The van der Waals surface area contributed by atoms with Crippen LogP contribution in [-0.4, -0.2) is 55.3 Å². The van der Waals surface area contributed by atoms with Gasteiger partial charge in [0.05, 0.1) is 12.8 Å². The maximum atomic E-state index is 13.0. The van der Waals surface area contributed by atoms with Gasteiger partial charge in [-0.3, -0.25) is 4.79 Å². The topological polar surface area (TPSA) is 84.5 Å². The van der Waals surface area contributed by atoms with Crippen LogP contribution in [0.4, 0.5) is 5.69 Å². The van der Waals surface area contributed by atoms with Crippen LogP contribution >= 0.6 is 0 Å². The van der Waals surface area contributed by atoms with Crippen molar-refractivity contribution in [2.45, 2.75) is 70.0 Å². The normalized spacial score (nSPS) is 36.0. The van der Waals surface area contributed by atoms with E-state index in [1.807, 2.05) is 12.1 Å². The second-order valence-corrected chi connectivity index (χ2v) is 7.78. The van der Waals surface area contributed by atoms with E-state index in [4.69, 9.17) is 28.4 Å². The number of amides is 1. The summed E-state index contributed by atoms with van der Waals surface area (Å²) < 4.78 is 35.0. The van der Waals surface area contributed by atoms with E-state index in [2.05, 4.69) is 5.32 Å². The zero-order valence-electron chi connectivity index (χ0n) is 16.1. The first-order valence-corrected chi connectivity index (χ1v) is 9.00. The van der Waals surface area contributed by atoms with E-state index < -0.39 is 42.3 Å². The van der Waals surface area contributed by atoms with E-state index >= 15 is 0 Å². The lowest BCUT2D eigenvalue weighted by molar-refractivity contribution is -0.229. The number of ether oxygens (including phenoxy) is 6. The molecule has 0 spiro atoms. The summed E-state index contributed by atoms with van der Waals surface area (Å²) in [4.78, 5) is 13.0. The van der Waals surface area contributed by atoms with Crippen LogP contribution in [0.3, 0.4) is 0 Å². The van der Waals surface area contributed by atoms with E-state index in [-0.39, 0.29) is 5.91 Å². The fourth-order valence-corrected chi connectivity index (χ4v) is 3.78. The van der Waals surface area contributed by atoms with Crippen molar-refractivity contribution in [1.29, 1.82) is 0 Å². The minimum atomic E-state index is -0.916. The highest BCUT2D eigenvalue weighted by Crippen LogP contribution is 2.44. The molecule has 3 fully saturated rings. The molecule has 0 unspecified atom stereocenters. The van der Waals surface area contributed by atoms with Gasteiger partial charge in [0.2, 0.25) is 0 Å². The largest absolute Gasteiger partial charge is 0.495 e. The van der Waals surface area contributed by atoms with E-state index in [0.717, 1.165) is 0 Å². The first-order chi connectivity index (χ1) is 12.7. The number of carbonyl (C=O) groups is 1. The molecule has 3 heterocycles. The molecule has 1 N–H and O–H groups in total. The summed E-state index contributed by atoms with van der Waals surface area (Å²) in [6.07, 6.45) is -3.20. The van der Waals surface area contributed by atoms with Crippen LogP contribution in [0.2, 0.25) is 0 Å². The fourth-order valence-electron chi connectivity index (χ4n) is 3.78. The van der Waals surface area contributed by atoms with E-state index in [1.165, 1.54) is 0 Å². The second-order valence-electron chi connectivity index (χ2n) is 7.78. The zero-order chi connectivity index (χ0) is 19.4. The molecule has 3 aliphatic heterocycles. The number of hydrogen-bond acceptors (Lipinski definition) is 7. The maximum Gasteiger partial charge on any atom is 0.256 e. The predicted molar refractivity (Wildman–Crippen MR) is 94.1 cm³/mol. The minimum Gasteiger partial charge on any atom is -0.495 e. The van der Waals surface area contributed by atoms with Crippen molar-refractivity contribution in [3.63, 3.8) is 0 Å². The Morgan fingerprint density at radius 3 is 2.33 bits per heavy atom. The average molecular weight is 379 g/mol. The van der Waals surface area contributed by atoms with Gasteiger partial charge in [0.1, 0.15) is 24.1 Å². The molecule has 5 atom stereocenters. The number of nitrogens with one attached hydrogen (secondary N) is 1.